The Morgan fingerprint density at radius 2 is 1.32 bits per heavy atom. The van der Waals surface area contributed by atoms with E-state index in [4.69, 9.17) is 5.11 Å². The van der Waals surface area contributed by atoms with E-state index in [2.05, 4.69) is 13.0 Å². The lowest BCUT2D eigenvalue weighted by Crippen LogP contribution is -2.01. The summed E-state index contributed by atoms with van der Waals surface area (Å²) in [6, 6.07) is 0. The SMILES string of the molecule is CCCCCCCC/C=C/C(O)CCCCCCCCCCC(=O)O. The summed E-state index contributed by atoms with van der Waals surface area (Å²) >= 11 is 0. The fourth-order valence-corrected chi connectivity index (χ4v) is 3.08. The molecular formula is C22H42O3. The van der Waals surface area contributed by atoms with Gasteiger partial charge in [0.25, 0.3) is 0 Å². The van der Waals surface area contributed by atoms with Gasteiger partial charge in [0.1, 0.15) is 0 Å². The molecule has 1 unspecified atom stereocenters. The highest BCUT2D eigenvalue weighted by molar-refractivity contribution is 5.66. The molecule has 148 valence electrons. The highest BCUT2D eigenvalue weighted by Gasteiger charge is 2.00. The van der Waals surface area contributed by atoms with Gasteiger partial charge >= 0.3 is 5.97 Å². The van der Waals surface area contributed by atoms with E-state index in [1.807, 2.05) is 6.08 Å². The number of aliphatic carboxylic acids is 1. The monoisotopic (exact) mass is 354 g/mol. The Kier molecular flexibility index (Phi) is 18.8. The van der Waals surface area contributed by atoms with Crippen LogP contribution in [-0.4, -0.2) is 22.3 Å². The number of carboxylic acids is 1. The Bertz CT molecular complexity index is 312. The van der Waals surface area contributed by atoms with Crippen molar-refractivity contribution in [2.45, 2.75) is 122 Å². The Balaban J connectivity index is 3.25. The van der Waals surface area contributed by atoms with Gasteiger partial charge < -0.3 is 10.2 Å². The van der Waals surface area contributed by atoms with E-state index >= 15 is 0 Å². The van der Waals surface area contributed by atoms with Crippen LogP contribution < -0.4 is 0 Å². The van der Waals surface area contributed by atoms with E-state index in [9.17, 15) is 9.90 Å². The third-order valence-electron chi connectivity index (χ3n) is 4.72. The molecule has 0 saturated heterocycles. The number of hydrogen-bond donors (Lipinski definition) is 2. The molecule has 0 radical (unpaired) electrons. The van der Waals surface area contributed by atoms with Crippen LogP contribution in [0.4, 0.5) is 0 Å². The summed E-state index contributed by atoms with van der Waals surface area (Å²) in [7, 11) is 0. The zero-order valence-electron chi connectivity index (χ0n) is 16.6. The van der Waals surface area contributed by atoms with Gasteiger partial charge in [-0.05, 0) is 25.7 Å². The molecule has 0 aliphatic carbocycles. The number of carboxylic acid groups (broad SMARTS) is 1. The lowest BCUT2D eigenvalue weighted by Gasteiger charge is -2.06. The molecule has 0 bridgehead atoms. The second-order valence-corrected chi connectivity index (χ2v) is 7.31. The summed E-state index contributed by atoms with van der Waals surface area (Å²) < 4.78 is 0. The molecule has 0 heterocycles. The minimum absolute atomic E-state index is 0.267. The topological polar surface area (TPSA) is 57.5 Å². The zero-order valence-corrected chi connectivity index (χ0v) is 16.6. The number of hydrogen-bond acceptors (Lipinski definition) is 2. The fraction of sp³-hybridized carbons (Fsp3) is 0.864. The standard InChI is InChI=1S/C22H42O3/c1-2-3-4-5-6-9-12-15-18-21(23)19-16-13-10-7-8-11-14-17-20-22(24)25/h15,18,21,23H,2-14,16-17,19-20H2,1H3,(H,24,25)/b18-15+. The van der Waals surface area contributed by atoms with Gasteiger partial charge in [-0.25, -0.2) is 0 Å². The Labute approximate surface area is 155 Å². The van der Waals surface area contributed by atoms with Crippen LogP contribution in [0.3, 0.4) is 0 Å². The average Bonchev–Trinajstić information content (AvgIpc) is 2.58. The molecule has 1 atom stereocenters. The van der Waals surface area contributed by atoms with Gasteiger partial charge in [0, 0.05) is 6.42 Å². The second kappa shape index (κ2) is 19.5. The molecule has 0 aromatic heterocycles. The summed E-state index contributed by atoms with van der Waals surface area (Å²) in [4.78, 5) is 10.4. The van der Waals surface area contributed by atoms with E-state index in [0.29, 0.717) is 6.42 Å². The van der Waals surface area contributed by atoms with E-state index < -0.39 is 5.97 Å². The molecule has 25 heavy (non-hydrogen) atoms. The van der Waals surface area contributed by atoms with Crippen molar-refractivity contribution in [3.05, 3.63) is 12.2 Å². The maximum absolute atomic E-state index is 10.4. The van der Waals surface area contributed by atoms with Gasteiger partial charge in [0.05, 0.1) is 6.10 Å². The van der Waals surface area contributed by atoms with Crippen molar-refractivity contribution in [1.29, 1.82) is 0 Å². The van der Waals surface area contributed by atoms with Crippen LogP contribution in [-0.2, 0) is 4.79 Å². The van der Waals surface area contributed by atoms with Crippen molar-refractivity contribution in [2.75, 3.05) is 0 Å². The van der Waals surface area contributed by atoms with Crippen molar-refractivity contribution < 1.29 is 15.0 Å². The third-order valence-corrected chi connectivity index (χ3v) is 4.72. The predicted octanol–water partition coefficient (Wildman–Crippen LogP) is 6.64. The van der Waals surface area contributed by atoms with Crippen LogP contribution in [0.15, 0.2) is 12.2 Å². The Morgan fingerprint density at radius 1 is 0.800 bits per heavy atom. The van der Waals surface area contributed by atoms with Crippen molar-refractivity contribution >= 4 is 5.97 Å². The van der Waals surface area contributed by atoms with Gasteiger partial charge in [0.15, 0.2) is 0 Å². The van der Waals surface area contributed by atoms with Crippen LogP contribution in [0.2, 0.25) is 0 Å². The van der Waals surface area contributed by atoms with Crippen LogP contribution in [0, 0.1) is 0 Å². The van der Waals surface area contributed by atoms with Crippen LogP contribution in [0.1, 0.15) is 116 Å². The minimum atomic E-state index is -0.681. The second-order valence-electron chi connectivity index (χ2n) is 7.31. The van der Waals surface area contributed by atoms with Gasteiger partial charge in [-0.3, -0.25) is 4.79 Å². The Morgan fingerprint density at radius 3 is 1.92 bits per heavy atom. The van der Waals surface area contributed by atoms with Crippen LogP contribution in [0.25, 0.3) is 0 Å². The normalized spacial score (nSPS) is 12.7. The lowest BCUT2D eigenvalue weighted by atomic mass is 10.0. The molecule has 0 amide bonds. The molecule has 0 spiro atoms. The average molecular weight is 355 g/mol. The third kappa shape index (κ3) is 21.1. The van der Waals surface area contributed by atoms with E-state index in [1.54, 1.807) is 0 Å². The first-order chi connectivity index (χ1) is 12.2. The summed E-state index contributed by atoms with van der Waals surface area (Å²) in [6.07, 6.45) is 23.1. The van der Waals surface area contributed by atoms with Gasteiger partial charge in [0.2, 0.25) is 0 Å². The number of allylic oxidation sites excluding steroid dienone is 1. The van der Waals surface area contributed by atoms with Gasteiger partial charge in [-0.2, -0.15) is 0 Å². The van der Waals surface area contributed by atoms with E-state index in [-0.39, 0.29) is 6.10 Å². The molecule has 0 aliphatic rings. The maximum Gasteiger partial charge on any atom is 0.303 e. The summed E-state index contributed by atoms with van der Waals surface area (Å²) in [6.45, 7) is 2.25. The van der Waals surface area contributed by atoms with Crippen molar-refractivity contribution in [3.63, 3.8) is 0 Å². The molecule has 3 nitrogen and oxygen atoms in total. The lowest BCUT2D eigenvalue weighted by molar-refractivity contribution is -0.137. The smallest absolute Gasteiger partial charge is 0.303 e. The summed E-state index contributed by atoms with van der Waals surface area (Å²) in [5.41, 5.74) is 0. The van der Waals surface area contributed by atoms with Crippen molar-refractivity contribution in [1.82, 2.24) is 0 Å². The van der Waals surface area contributed by atoms with Crippen molar-refractivity contribution in [2.24, 2.45) is 0 Å². The largest absolute Gasteiger partial charge is 0.481 e. The highest BCUT2D eigenvalue weighted by atomic mass is 16.4. The number of carbonyl (C=O) groups is 1. The first-order valence-corrected chi connectivity index (χ1v) is 10.7. The molecule has 3 heteroatoms. The van der Waals surface area contributed by atoms with Gasteiger partial charge in [-0.15, -0.1) is 0 Å². The molecule has 0 aromatic carbocycles. The minimum Gasteiger partial charge on any atom is -0.481 e. The predicted molar refractivity (Wildman–Crippen MR) is 107 cm³/mol. The van der Waals surface area contributed by atoms with E-state index in [0.717, 1.165) is 38.5 Å². The molecule has 0 saturated carbocycles. The number of rotatable bonds is 19. The zero-order chi connectivity index (χ0) is 18.6. The maximum atomic E-state index is 10.4. The quantitative estimate of drug-likeness (QED) is 0.202. The number of aliphatic hydroxyl groups excluding tert-OH is 1. The van der Waals surface area contributed by atoms with Crippen LogP contribution in [0.5, 0.6) is 0 Å². The molecule has 0 aromatic rings. The molecule has 0 rings (SSSR count). The summed E-state index contributed by atoms with van der Waals surface area (Å²) in [5, 5.41) is 18.5. The highest BCUT2D eigenvalue weighted by Crippen LogP contribution is 2.12. The van der Waals surface area contributed by atoms with E-state index in [1.165, 1.54) is 64.2 Å². The molecule has 0 fully saturated rings. The molecular weight excluding hydrogens is 312 g/mol. The van der Waals surface area contributed by atoms with Crippen LogP contribution >= 0.6 is 0 Å². The Hall–Kier alpha value is -0.830. The first kappa shape index (κ1) is 24.2. The van der Waals surface area contributed by atoms with Gasteiger partial charge in [-0.1, -0.05) is 96.1 Å². The first-order valence-electron chi connectivity index (χ1n) is 10.7. The molecule has 2 N–H and O–H groups in total. The number of unbranched alkanes of at least 4 members (excludes halogenated alkanes) is 13. The molecule has 0 aliphatic heterocycles. The number of aliphatic hydroxyl groups is 1. The summed E-state index contributed by atoms with van der Waals surface area (Å²) in [5.74, 6) is -0.681. The van der Waals surface area contributed by atoms with Crippen molar-refractivity contribution in [3.8, 4) is 0 Å². The fourth-order valence-electron chi connectivity index (χ4n) is 3.08.